The van der Waals surface area contributed by atoms with Gasteiger partial charge >= 0.3 is 0 Å². The van der Waals surface area contributed by atoms with Crippen LogP contribution < -0.4 is 15.4 Å². The summed E-state index contributed by atoms with van der Waals surface area (Å²) in [5.74, 6) is 0.193. The Balaban J connectivity index is 1.83. The van der Waals surface area contributed by atoms with E-state index in [1.54, 1.807) is 0 Å². The van der Waals surface area contributed by atoms with E-state index < -0.39 is 0 Å². The van der Waals surface area contributed by atoms with Gasteiger partial charge in [-0.1, -0.05) is 57.6 Å². The summed E-state index contributed by atoms with van der Waals surface area (Å²) in [6, 6.07) is 14.8. The lowest BCUT2D eigenvalue weighted by Gasteiger charge is -1.97. The molecule has 26 heavy (non-hydrogen) atoms. The average Bonchev–Trinajstić information content (AvgIpc) is 3.28. The van der Waals surface area contributed by atoms with Crippen molar-refractivity contribution in [2.45, 2.75) is 0 Å². The molecular weight excluding hydrogens is 416 g/mol. The predicted molar refractivity (Wildman–Crippen MR) is 103 cm³/mol. The van der Waals surface area contributed by atoms with Gasteiger partial charge in [-0.25, -0.2) is 4.40 Å². The van der Waals surface area contributed by atoms with E-state index in [4.69, 9.17) is 0 Å². The Bertz CT molecular complexity index is 1310. The third-order valence-corrected chi connectivity index (χ3v) is 5.78. The molecule has 0 radical (unpaired) electrons. The molecule has 0 atom stereocenters. The van der Waals surface area contributed by atoms with Gasteiger partial charge in [0.15, 0.2) is 5.82 Å². The number of nitrogens with zero attached hydrogens (tertiary/aromatic N) is 3. The molecule has 8 heteroatoms. The Morgan fingerprint density at radius 2 is 1.77 bits per heavy atom. The van der Waals surface area contributed by atoms with Crippen LogP contribution in [-0.2, 0) is 4.79 Å². The van der Waals surface area contributed by atoms with Crippen LogP contribution in [0.3, 0.4) is 0 Å². The van der Waals surface area contributed by atoms with Crippen LogP contribution in [0.1, 0.15) is 5.56 Å². The van der Waals surface area contributed by atoms with E-state index in [2.05, 4.69) is 31.4 Å². The molecule has 4 aromatic rings. The molecule has 0 fully saturated rings. The fraction of sp³-hybridized carbons (Fsp3) is 0. The number of fused-ring (bicyclic) bond motifs is 2. The number of amides is 1. The molecule has 1 aliphatic rings. The smallest absolute Gasteiger partial charge is 0.277 e. The molecular formula is C18H9BrN4O2S. The first-order valence-electron chi connectivity index (χ1n) is 7.72. The highest BCUT2D eigenvalue weighted by Gasteiger charge is 2.27. The van der Waals surface area contributed by atoms with Crippen LogP contribution in [0.15, 0.2) is 57.8 Å². The molecule has 2 aromatic heterocycles. The number of nitrogens with one attached hydrogen (secondary N) is 1. The number of rotatable bonds is 1. The van der Waals surface area contributed by atoms with Crippen LogP contribution in [0.4, 0.5) is 5.69 Å². The maximum absolute atomic E-state index is 13.1. The van der Waals surface area contributed by atoms with Gasteiger partial charge in [-0.3, -0.25) is 9.59 Å². The maximum Gasteiger partial charge on any atom is 0.277 e. The van der Waals surface area contributed by atoms with Crippen molar-refractivity contribution in [3.05, 3.63) is 73.5 Å². The monoisotopic (exact) mass is 424 g/mol. The van der Waals surface area contributed by atoms with Crippen molar-refractivity contribution < 1.29 is 4.79 Å². The van der Waals surface area contributed by atoms with Crippen molar-refractivity contribution in [2.24, 2.45) is 0 Å². The largest absolute Gasteiger partial charge is 0.321 e. The normalized spacial score (nSPS) is 15.3. The number of hydrogen-bond donors (Lipinski definition) is 1. The molecule has 0 unspecified atom stereocenters. The highest BCUT2D eigenvalue weighted by molar-refractivity contribution is 9.10. The highest BCUT2D eigenvalue weighted by atomic mass is 79.9. The number of benzene rings is 2. The van der Waals surface area contributed by atoms with Crippen LogP contribution in [0.5, 0.6) is 0 Å². The molecule has 0 aliphatic carbocycles. The van der Waals surface area contributed by atoms with Crippen molar-refractivity contribution in [1.82, 2.24) is 14.6 Å². The summed E-state index contributed by atoms with van der Waals surface area (Å²) in [6.45, 7) is 0. The summed E-state index contributed by atoms with van der Waals surface area (Å²) in [7, 11) is 0. The third kappa shape index (κ3) is 2.16. The van der Waals surface area contributed by atoms with Gasteiger partial charge in [0.25, 0.3) is 11.5 Å². The second-order valence-corrected chi connectivity index (χ2v) is 7.65. The first-order chi connectivity index (χ1) is 12.6. The number of anilines is 1. The second-order valence-electron chi connectivity index (χ2n) is 5.76. The number of para-hydroxylation sites is 1. The summed E-state index contributed by atoms with van der Waals surface area (Å²) in [4.78, 5) is 26.0. The van der Waals surface area contributed by atoms with Gasteiger partial charge < -0.3 is 5.32 Å². The molecule has 6 nitrogen and oxygen atoms in total. The lowest BCUT2D eigenvalue weighted by Crippen LogP contribution is -2.28. The predicted octanol–water partition coefficient (Wildman–Crippen LogP) is 2.45. The van der Waals surface area contributed by atoms with Gasteiger partial charge in [-0.05, 0) is 18.2 Å². The van der Waals surface area contributed by atoms with E-state index >= 15 is 0 Å². The number of aromatic nitrogens is 3. The lowest BCUT2D eigenvalue weighted by molar-refractivity contribution is -0.110. The first kappa shape index (κ1) is 15.4. The lowest BCUT2D eigenvalue weighted by atomic mass is 10.1. The summed E-state index contributed by atoms with van der Waals surface area (Å²) in [6.07, 6.45) is 0. The van der Waals surface area contributed by atoms with Gasteiger partial charge in [0.1, 0.15) is 4.53 Å². The van der Waals surface area contributed by atoms with Crippen molar-refractivity contribution in [3.8, 4) is 11.4 Å². The van der Waals surface area contributed by atoms with Gasteiger partial charge in [0.2, 0.25) is 4.96 Å². The fourth-order valence-electron chi connectivity index (χ4n) is 3.04. The number of halogens is 1. The Morgan fingerprint density at radius 1 is 1.00 bits per heavy atom. The average molecular weight is 425 g/mol. The molecule has 0 spiro atoms. The zero-order chi connectivity index (χ0) is 17.8. The fourth-order valence-corrected chi connectivity index (χ4v) is 4.31. The first-order valence-corrected chi connectivity index (χ1v) is 9.33. The number of carbonyl (C=O) groups excluding carboxylic acids is 1. The molecule has 126 valence electrons. The SMILES string of the molecule is O=C1Nc2ccccc2C1=c1sc2nnc(-c3ccc(Br)cc3)n2c1=O. The maximum atomic E-state index is 13.1. The van der Waals surface area contributed by atoms with Gasteiger partial charge in [-0.15, -0.1) is 10.2 Å². The minimum absolute atomic E-state index is 0.272. The zero-order valence-corrected chi connectivity index (χ0v) is 15.5. The van der Waals surface area contributed by atoms with Gasteiger partial charge in [0, 0.05) is 21.3 Å². The van der Waals surface area contributed by atoms with Crippen LogP contribution in [0, 0.1) is 0 Å². The Hall–Kier alpha value is -2.84. The number of thiazole rings is 1. The second kappa shape index (κ2) is 5.58. The van der Waals surface area contributed by atoms with E-state index in [9.17, 15) is 9.59 Å². The standard InChI is InChI=1S/C18H9BrN4O2S/c19-10-7-5-9(6-8-10)15-21-22-18-23(15)17(25)14(26-18)13-11-3-1-2-4-12(11)20-16(13)24/h1-8H,(H,20,24). The van der Waals surface area contributed by atoms with Gasteiger partial charge in [-0.2, -0.15) is 0 Å². The minimum atomic E-state index is -0.283. The molecule has 0 bridgehead atoms. The van der Waals surface area contributed by atoms with Gasteiger partial charge in [0.05, 0.1) is 5.57 Å². The van der Waals surface area contributed by atoms with Crippen LogP contribution in [0.25, 0.3) is 21.9 Å². The van der Waals surface area contributed by atoms with Crippen molar-refractivity contribution >= 4 is 49.4 Å². The van der Waals surface area contributed by atoms with E-state index in [0.717, 1.165) is 15.6 Å². The molecule has 1 amide bonds. The Labute approximate surface area is 158 Å². The van der Waals surface area contributed by atoms with Crippen molar-refractivity contribution in [3.63, 3.8) is 0 Å². The third-order valence-electron chi connectivity index (χ3n) is 4.23. The minimum Gasteiger partial charge on any atom is -0.321 e. The van der Waals surface area contributed by atoms with Crippen LogP contribution in [-0.4, -0.2) is 20.5 Å². The Kier molecular flexibility index (Phi) is 3.31. The molecule has 3 heterocycles. The van der Waals surface area contributed by atoms with E-state index in [1.165, 1.54) is 15.7 Å². The molecule has 2 aromatic carbocycles. The molecule has 1 N–H and O–H groups in total. The Morgan fingerprint density at radius 3 is 2.58 bits per heavy atom. The number of carbonyl (C=O) groups is 1. The molecule has 0 saturated carbocycles. The van der Waals surface area contributed by atoms with Crippen LogP contribution >= 0.6 is 27.3 Å². The molecule has 0 saturated heterocycles. The summed E-state index contributed by atoms with van der Waals surface area (Å²) < 4.78 is 2.77. The van der Waals surface area contributed by atoms with E-state index in [0.29, 0.717) is 26.6 Å². The van der Waals surface area contributed by atoms with Crippen LogP contribution in [0.2, 0.25) is 0 Å². The molecule has 1 aliphatic heterocycles. The van der Waals surface area contributed by atoms with E-state index in [1.807, 2.05) is 48.5 Å². The van der Waals surface area contributed by atoms with Crippen molar-refractivity contribution in [2.75, 3.05) is 5.32 Å². The summed E-state index contributed by atoms with van der Waals surface area (Å²) in [5.41, 5.74) is 2.34. The quantitative estimate of drug-likeness (QED) is 0.509. The topological polar surface area (TPSA) is 76.4 Å². The molecule has 5 rings (SSSR count). The summed E-state index contributed by atoms with van der Waals surface area (Å²) in [5, 5.41) is 11.1. The highest BCUT2D eigenvalue weighted by Crippen LogP contribution is 2.29. The summed E-state index contributed by atoms with van der Waals surface area (Å²) >= 11 is 4.57. The van der Waals surface area contributed by atoms with Crippen molar-refractivity contribution in [1.29, 1.82) is 0 Å². The number of hydrogen-bond acceptors (Lipinski definition) is 5. The van der Waals surface area contributed by atoms with E-state index in [-0.39, 0.29) is 11.5 Å². The zero-order valence-electron chi connectivity index (χ0n) is 13.1.